The molecule has 100 valence electrons. The Morgan fingerprint density at radius 2 is 1.94 bits per heavy atom. The van der Waals surface area contributed by atoms with Gasteiger partial charge in [0.25, 0.3) is 0 Å². The van der Waals surface area contributed by atoms with Gasteiger partial charge in [0, 0.05) is 6.42 Å². The van der Waals surface area contributed by atoms with Gasteiger partial charge in [0.05, 0.1) is 19.0 Å². The van der Waals surface area contributed by atoms with Crippen molar-refractivity contribution in [2.24, 2.45) is 0 Å². The number of carbonyl (C=O) groups is 1. The summed E-state index contributed by atoms with van der Waals surface area (Å²) in [5.74, 6) is -1.04. The Balaban J connectivity index is 4.43. The van der Waals surface area contributed by atoms with Gasteiger partial charge >= 0.3 is 0 Å². The maximum absolute atomic E-state index is 11.5. The van der Waals surface area contributed by atoms with Gasteiger partial charge in [0.15, 0.2) is 11.7 Å². The molecule has 0 saturated heterocycles. The van der Waals surface area contributed by atoms with E-state index in [4.69, 9.17) is 15.6 Å². The van der Waals surface area contributed by atoms with Crippen LogP contribution in [0.5, 0.6) is 0 Å². The van der Waals surface area contributed by atoms with Crippen LogP contribution in [0.4, 0.5) is 0 Å². The Hall–Kier alpha value is -0.670. The average molecular weight is 267 g/mol. The molecule has 8 heteroatoms. The molecule has 0 aliphatic rings. The molecule has 0 saturated carbocycles. The molecule has 0 aliphatic carbocycles. The van der Waals surface area contributed by atoms with Crippen LogP contribution in [0, 0.1) is 5.41 Å². The standard InChI is InChI=1S/C9H17NO6S/c1-16-6(10)2-5(17)8(14)9(15)7(13)4(12)3-11/h4-5,7,9-13,15,17H,2-3H2,1H3/t4-,5?,7-,9+/m1/s1. The molecule has 0 bridgehead atoms. The van der Waals surface area contributed by atoms with Gasteiger partial charge in [-0.15, -0.1) is 0 Å². The van der Waals surface area contributed by atoms with Crippen LogP contribution < -0.4 is 0 Å². The van der Waals surface area contributed by atoms with Crippen LogP contribution in [0.1, 0.15) is 6.42 Å². The van der Waals surface area contributed by atoms with Gasteiger partial charge < -0.3 is 25.2 Å². The van der Waals surface area contributed by atoms with E-state index < -0.39 is 36.0 Å². The summed E-state index contributed by atoms with van der Waals surface area (Å²) in [5, 5.41) is 42.5. The molecule has 5 N–H and O–H groups in total. The van der Waals surface area contributed by atoms with E-state index in [0.717, 1.165) is 0 Å². The molecule has 17 heavy (non-hydrogen) atoms. The zero-order valence-corrected chi connectivity index (χ0v) is 10.2. The molecule has 0 spiro atoms. The molecule has 0 aromatic carbocycles. The second-order valence-corrected chi connectivity index (χ2v) is 4.06. The topological polar surface area (TPSA) is 131 Å². The van der Waals surface area contributed by atoms with Crippen molar-refractivity contribution in [1.29, 1.82) is 5.41 Å². The highest BCUT2D eigenvalue weighted by Crippen LogP contribution is 2.11. The van der Waals surface area contributed by atoms with Crippen molar-refractivity contribution in [2.45, 2.75) is 30.0 Å². The van der Waals surface area contributed by atoms with E-state index in [1.807, 2.05) is 0 Å². The number of rotatable bonds is 7. The van der Waals surface area contributed by atoms with Crippen molar-refractivity contribution in [3.05, 3.63) is 0 Å². The summed E-state index contributed by atoms with van der Waals surface area (Å²) >= 11 is 3.86. The number of nitrogens with one attached hydrogen (secondary N) is 1. The van der Waals surface area contributed by atoms with Crippen molar-refractivity contribution in [3.63, 3.8) is 0 Å². The van der Waals surface area contributed by atoms with E-state index in [9.17, 15) is 15.0 Å². The summed E-state index contributed by atoms with van der Waals surface area (Å²) in [6.07, 6.45) is -5.42. The van der Waals surface area contributed by atoms with Crippen LogP contribution in [0.2, 0.25) is 0 Å². The molecular formula is C9H17NO6S. The number of Topliss-reactive ketones (excluding diaryl/α,β-unsaturated/α-hetero) is 1. The minimum atomic E-state index is -1.87. The van der Waals surface area contributed by atoms with Gasteiger partial charge in [-0.1, -0.05) is 0 Å². The fraction of sp³-hybridized carbons (Fsp3) is 0.778. The second kappa shape index (κ2) is 7.62. The number of carbonyl (C=O) groups excluding carboxylic acids is 1. The third kappa shape index (κ3) is 5.00. The van der Waals surface area contributed by atoms with E-state index in [1.165, 1.54) is 7.11 Å². The minimum absolute atomic E-state index is 0.141. The average Bonchev–Trinajstić information content (AvgIpc) is 2.34. The van der Waals surface area contributed by atoms with Crippen molar-refractivity contribution < 1.29 is 30.0 Å². The highest BCUT2D eigenvalue weighted by molar-refractivity contribution is 7.81. The first-order valence-corrected chi connectivity index (χ1v) is 5.35. The number of aliphatic hydroxyl groups excluding tert-OH is 4. The van der Waals surface area contributed by atoms with Crippen molar-refractivity contribution in [1.82, 2.24) is 0 Å². The van der Waals surface area contributed by atoms with Crippen LogP contribution >= 0.6 is 12.6 Å². The van der Waals surface area contributed by atoms with Gasteiger partial charge in [0.2, 0.25) is 0 Å². The lowest BCUT2D eigenvalue weighted by Crippen LogP contribution is -2.46. The minimum Gasteiger partial charge on any atom is -0.484 e. The molecule has 0 aliphatic heterocycles. The summed E-state index contributed by atoms with van der Waals surface area (Å²) in [7, 11) is 1.26. The molecule has 0 aromatic rings. The van der Waals surface area contributed by atoms with E-state index in [1.54, 1.807) is 0 Å². The lowest BCUT2D eigenvalue weighted by molar-refractivity contribution is -0.139. The fourth-order valence-electron chi connectivity index (χ4n) is 1.04. The lowest BCUT2D eigenvalue weighted by atomic mass is 10.0. The third-order valence-electron chi connectivity index (χ3n) is 2.15. The van der Waals surface area contributed by atoms with Gasteiger partial charge in [-0.2, -0.15) is 12.6 Å². The molecule has 0 heterocycles. The maximum Gasteiger partial charge on any atom is 0.181 e. The van der Waals surface area contributed by atoms with Crippen LogP contribution in [0.25, 0.3) is 0 Å². The first kappa shape index (κ1) is 16.3. The van der Waals surface area contributed by atoms with E-state index >= 15 is 0 Å². The monoisotopic (exact) mass is 267 g/mol. The number of thiol groups is 1. The molecule has 0 radical (unpaired) electrons. The van der Waals surface area contributed by atoms with Crippen LogP contribution in [0.15, 0.2) is 0 Å². The summed E-state index contributed by atoms with van der Waals surface area (Å²) in [6.45, 7) is -0.781. The first-order chi connectivity index (χ1) is 7.84. The zero-order chi connectivity index (χ0) is 13.6. The molecule has 4 atom stereocenters. The number of ether oxygens (including phenoxy) is 1. The Morgan fingerprint density at radius 3 is 2.35 bits per heavy atom. The van der Waals surface area contributed by atoms with Crippen LogP contribution in [0.3, 0.4) is 0 Å². The largest absolute Gasteiger partial charge is 0.484 e. The van der Waals surface area contributed by atoms with Gasteiger partial charge in [-0.3, -0.25) is 10.2 Å². The smallest absolute Gasteiger partial charge is 0.181 e. The van der Waals surface area contributed by atoms with Crippen molar-refractivity contribution >= 4 is 24.3 Å². The summed E-state index contributed by atoms with van der Waals surface area (Å²) in [6, 6.07) is 0. The predicted molar refractivity (Wildman–Crippen MR) is 62.2 cm³/mol. The number of hydrogen-bond donors (Lipinski definition) is 6. The highest BCUT2D eigenvalue weighted by atomic mass is 32.1. The number of ketones is 1. The quantitative estimate of drug-likeness (QED) is 0.179. The fourth-order valence-corrected chi connectivity index (χ4v) is 1.36. The Bertz CT molecular complexity index is 274. The van der Waals surface area contributed by atoms with Crippen LogP contribution in [-0.4, -0.2) is 69.4 Å². The van der Waals surface area contributed by atoms with Gasteiger partial charge in [-0.05, 0) is 0 Å². The zero-order valence-electron chi connectivity index (χ0n) is 9.28. The number of aliphatic hydroxyl groups is 4. The summed E-state index contributed by atoms with van der Waals surface area (Å²) in [4.78, 5) is 11.5. The molecule has 7 nitrogen and oxygen atoms in total. The second-order valence-electron chi connectivity index (χ2n) is 3.43. The van der Waals surface area contributed by atoms with Crippen LogP contribution in [-0.2, 0) is 9.53 Å². The molecule has 0 fully saturated rings. The number of methoxy groups -OCH3 is 1. The predicted octanol–water partition coefficient (Wildman–Crippen LogP) is -2.06. The first-order valence-electron chi connectivity index (χ1n) is 4.83. The van der Waals surface area contributed by atoms with E-state index in [0.29, 0.717) is 0 Å². The molecule has 0 aromatic heterocycles. The highest BCUT2D eigenvalue weighted by Gasteiger charge is 2.33. The molecule has 1 unspecified atom stereocenters. The Labute approximate surface area is 104 Å². The molecule has 0 amide bonds. The SMILES string of the molecule is COC(=N)CC(S)C(=O)[C@@H](O)[C@H](O)[C@H](O)CO. The maximum atomic E-state index is 11.5. The Morgan fingerprint density at radius 1 is 1.41 bits per heavy atom. The normalized spacial score (nSPS) is 18.0. The van der Waals surface area contributed by atoms with Crippen molar-refractivity contribution in [2.75, 3.05) is 13.7 Å². The molecular weight excluding hydrogens is 250 g/mol. The third-order valence-corrected chi connectivity index (χ3v) is 2.59. The Kier molecular flexibility index (Phi) is 7.32. The van der Waals surface area contributed by atoms with Crippen molar-refractivity contribution in [3.8, 4) is 0 Å². The molecule has 0 rings (SSSR count). The number of hydrogen-bond acceptors (Lipinski definition) is 8. The van der Waals surface area contributed by atoms with E-state index in [2.05, 4.69) is 17.4 Å². The summed E-state index contributed by atoms with van der Waals surface area (Å²) < 4.78 is 4.53. The van der Waals surface area contributed by atoms with Gasteiger partial charge in [-0.25, -0.2) is 0 Å². The van der Waals surface area contributed by atoms with Gasteiger partial charge in [0.1, 0.15) is 18.3 Å². The van der Waals surface area contributed by atoms with E-state index in [-0.39, 0.29) is 12.3 Å². The summed E-state index contributed by atoms with van der Waals surface area (Å²) in [5.41, 5.74) is 0. The lowest BCUT2D eigenvalue weighted by Gasteiger charge is -2.22.